The fraction of sp³-hybridized carbons (Fsp3) is 0.263. The van der Waals surface area contributed by atoms with Gasteiger partial charge in [-0.1, -0.05) is 54.1 Å². The molecule has 0 spiro atoms. The topological polar surface area (TPSA) is 92.0 Å². The van der Waals surface area contributed by atoms with Gasteiger partial charge in [-0.3, -0.25) is 14.5 Å². The molecule has 0 saturated carbocycles. The average Bonchev–Trinajstić information content (AvgIpc) is 3.77. The second-order valence-corrected chi connectivity index (χ2v) is 12.1. The summed E-state index contributed by atoms with van der Waals surface area (Å²) < 4.78 is 12.2. The van der Waals surface area contributed by atoms with Crippen molar-refractivity contribution in [1.82, 2.24) is 0 Å². The molecule has 2 amide bonds. The predicted molar refractivity (Wildman–Crippen MR) is 174 cm³/mol. The number of carbonyl (C=O) groups excluding carboxylic acids is 2. The van der Waals surface area contributed by atoms with Gasteiger partial charge in [0.15, 0.2) is 0 Å². The van der Waals surface area contributed by atoms with Crippen LogP contribution in [0.4, 0.5) is 17.1 Å². The van der Waals surface area contributed by atoms with Crippen molar-refractivity contribution >= 4 is 40.5 Å². The van der Waals surface area contributed by atoms with E-state index in [4.69, 9.17) is 9.15 Å². The van der Waals surface area contributed by atoms with Crippen molar-refractivity contribution in [3.63, 3.8) is 0 Å². The monoisotopic (exact) mass is 600 g/mol. The number of ether oxygens (including phenoxy) is 1. The maximum Gasteiger partial charge on any atom is 0.238 e. The molecule has 4 atom stereocenters. The number of amides is 2. The highest BCUT2D eigenvalue weighted by Gasteiger charge is 2.56. The Bertz CT molecular complexity index is 1760. The summed E-state index contributed by atoms with van der Waals surface area (Å²) >= 11 is 0. The van der Waals surface area contributed by atoms with Gasteiger partial charge in [-0.05, 0) is 97.5 Å². The normalized spacial score (nSPS) is 23.0. The van der Waals surface area contributed by atoms with E-state index in [-0.39, 0.29) is 36.4 Å². The van der Waals surface area contributed by atoms with Crippen LogP contribution < -0.4 is 10.2 Å². The van der Waals surface area contributed by atoms with Crippen LogP contribution in [0.1, 0.15) is 43.3 Å². The van der Waals surface area contributed by atoms with Crippen molar-refractivity contribution < 1.29 is 23.8 Å². The summed E-state index contributed by atoms with van der Waals surface area (Å²) in [5, 5.41) is 12.8. The first-order valence-electron chi connectivity index (χ1n) is 15.6. The number of fused-ring (bicyclic) bond motifs is 3. The third-order valence-corrected chi connectivity index (χ3v) is 9.32. The largest absolute Gasteiger partial charge is 0.459 e. The maximum atomic E-state index is 13.9. The van der Waals surface area contributed by atoms with Crippen molar-refractivity contribution in [3.05, 3.63) is 125 Å². The number of imide groups is 1. The van der Waals surface area contributed by atoms with Crippen LogP contribution in [-0.2, 0) is 20.9 Å². The Morgan fingerprint density at radius 2 is 1.60 bits per heavy atom. The lowest BCUT2D eigenvalue weighted by molar-refractivity contribution is -0.122. The van der Waals surface area contributed by atoms with Gasteiger partial charge in [0.25, 0.3) is 0 Å². The second-order valence-electron chi connectivity index (χ2n) is 12.1. The lowest BCUT2D eigenvalue weighted by Crippen LogP contribution is -2.34. The molecule has 0 unspecified atom stereocenters. The zero-order valence-corrected chi connectivity index (χ0v) is 25.2. The minimum absolute atomic E-state index is 0.101. The number of carbonyl (C=O) groups is 2. The highest BCUT2D eigenvalue weighted by molar-refractivity contribution is 6.22. The number of hydrogen-bond donors (Lipinski definition) is 2. The van der Waals surface area contributed by atoms with Gasteiger partial charge in [-0.25, -0.2) is 0 Å². The van der Waals surface area contributed by atoms with E-state index in [1.807, 2.05) is 84.9 Å². The molecule has 45 heavy (non-hydrogen) atoms. The fourth-order valence-electron chi connectivity index (χ4n) is 7.23. The van der Waals surface area contributed by atoms with Gasteiger partial charge in [0.2, 0.25) is 11.8 Å². The number of allylic oxidation sites excluding steroid dienone is 2. The molecule has 3 aromatic carbocycles. The van der Waals surface area contributed by atoms with Gasteiger partial charge in [-0.2, -0.15) is 0 Å². The molecule has 2 N–H and O–H groups in total. The number of furan rings is 1. The molecular formula is C38H36N2O5. The third-order valence-electron chi connectivity index (χ3n) is 9.32. The second kappa shape index (κ2) is 12.3. The van der Waals surface area contributed by atoms with Gasteiger partial charge >= 0.3 is 0 Å². The fourth-order valence-corrected chi connectivity index (χ4v) is 7.23. The highest BCUT2D eigenvalue weighted by atomic mass is 16.5. The van der Waals surface area contributed by atoms with Gasteiger partial charge in [0.05, 0.1) is 30.2 Å². The van der Waals surface area contributed by atoms with E-state index in [2.05, 4.69) is 24.4 Å². The molecule has 1 aromatic heterocycles. The Morgan fingerprint density at radius 1 is 0.889 bits per heavy atom. The van der Waals surface area contributed by atoms with Crippen LogP contribution in [0.2, 0.25) is 0 Å². The predicted octanol–water partition coefficient (Wildman–Crippen LogP) is 7.38. The van der Waals surface area contributed by atoms with E-state index >= 15 is 0 Å². The van der Waals surface area contributed by atoms with Crippen LogP contribution in [0.25, 0.3) is 11.6 Å². The Balaban J connectivity index is 1.08. The summed E-state index contributed by atoms with van der Waals surface area (Å²) in [6, 6.07) is 31.2. The van der Waals surface area contributed by atoms with Crippen molar-refractivity contribution in [2.24, 2.45) is 17.8 Å². The Hall–Kier alpha value is -4.72. The van der Waals surface area contributed by atoms with Crippen LogP contribution in [-0.4, -0.2) is 29.6 Å². The zero-order valence-electron chi connectivity index (χ0n) is 25.2. The van der Waals surface area contributed by atoms with E-state index in [1.165, 1.54) is 10.5 Å². The van der Waals surface area contributed by atoms with Crippen LogP contribution in [0.5, 0.6) is 0 Å². The molecule has 2 saturated heterocycles. The van der Waals surface area contributed by atoms with Gasteiger partial charge in [0.1, 0.15) is 18.1 Å². The van der Waals surface area contributed by atoms with Crippen molar-refractivity contribution in [2.45, 2.75) is 38.9 Å². The molecular weight excluding hydrogens is 564 g/mol. The van der Waals surface area contributed by atoms with Crippen molar-refractivity contribution in [2.75, 3.05) is 16.8 Å². The number of anilines is 3. The molecule has 4 aromatic rings. The number of nitrogens with zero attached hydrogens (tertiary/aromatic N) is 1. The van der Waals surface area contributed by atoms with E-state index < -0.39 is 5.92 Å². The molecule has 0 radical (unpaired) electrons. The third kappa shape index (κ3) is 5.65. The molecule has 2 aliphatic heterocycles. The van der Waals surface area contributed by atoms with Crippen LogP contribution in [0.3, 0.4) is 0 Å². The van der Waals surface area contributed by atoms with Gasteiger partial charge < -0.3 is 19.6 Å². The number of aliphatic hydroxyl groups excluding tert-OH is 1. The van der Waals surface area contributed by atoms with Crippen molar-refractivity contribution in [3.8, 4) is 0 Å². The molecule has 1 aliphatic carbocycles. The van der Waals surface area contributed by atoms with Crippen LogP contribution in [0, 0.1) is 17.8 Å². The molecule has 228 valence electrons. The Morgan fingerprint density at radius 3 is 2.31 bits per heavy atom. The lowest BCUT2D eigenvalue weighted by atomic mass is 9.70. The Kier molecular flexibility index (Phi) is 7.96. The molecule has 7 rings (SSSR count). The number of nitrogens with one attached hydrogen (secondary N) is 1. The van der Waals surface area contributed by atoms with Crippen molar-refractivity contribution in [1.29, 1.82) is 0 Å². The molecule has 0 bridgehead atoms. The first-order chi connectivity index (χ1) is 22.0. The highest BCUT2D eigenvalue weighted by Crippen LogP contribution is 2.50. The number of hydrogen-bond acceptors (Lipinski definition) is 6. The molecule has 7 heteroatoms. The number of para-hydroxylation sites is 1. The zero-order chi connectivity index (χ0) is 30.9. The van der Waals surface area contributed by atoms with E-state index in [1.54, 1.807) is 6.07 Å². The summed E-state index contributed by atoms with van der Waals surface area (Å²) in [7, 11) is 0. The summed E-state index contributed by atoms with van der Waals surface area (Å²) in [4.78, 5) is 29.0. The summed E-state index contributed by atoms with van der Waals surface area (Å²) in [6.45, 7) is 2.39. The number of aliphatic hydroxyl groups is 1. The quantitative estimate of drug-likeness (QED) is 0.154. The van der Waals surface area contributed by atoms with Crippen LogP contribution in [0.15, 0.2) is 113 Å². The Labute approximate surface area is 262 Å². The summed E-state index contributed by atoms with van der Waals surface area (Å²) in [6.07, 6.45) is 3.97. The van der Waals surface area contributed by atoms with E-state index in [9.17, 15) is 14.7 Å². The number of rotatable bonds is 9. The van der Waals surface area contributed by atoms with E-state index in [0.717, 1.165) is 40.9 Å². The van der Waals surface area contributed by atoms with Crippen LogP contribution >= 0.6 is 0 Å². The number of benzene rings is 3. The maximum absolute atomic E-state index is 13.9. The lowest BCUT2D eigenvalue weighted by Gasteiger charge is -2.30. The SMILES string of the molecule is CC1=C2[C@@H](CC/C(=C/c3ccc(CO)o3)c3ccccc3)OC[C@@H]2[C@@H]2C(=O)N(c3ccc(Nc4ccccc4)cc3)C(=O)[C@@H]2C1. The van der Waals surface area contributed by atoms with Gasteiger partial charge in [-0.15, -0.1) is 0 Å². The standard InChI is InChI=1S/C38H36N2O5/c1-24-20-32-36(38(43)40(37(32)42)29-15-13-28(14-16-29)39-27-10-6-3-7-11-27)33-23-44-34(35(24)33)19-12-26(25-8-4-2-5-9-25)21-30-17-18-31(22-41)45-30/h2-11,13-18,21,32-34,36,39,41H,12,19-20,22-23H2,1H3/b26-21-/t32-,33+,34-,36-/m1/s1. The first-order valence-corrected chi connectivity index (χ1v) is 15.6. The molecule has 3 heterocycles. The molecule has 3 aliphatic rings. The average molecular weight is 601 g/mol. The summed E-state index contributed by atoms with van der Waals surface area (Å²) in [5.74, 6) is 0.0926. The first kappa shape index (κ1) is 29.0. The van der Waals surface area contributed by atoms with Gasteiger partial charge in [0, 0.05) is 17.3 Å². The minimum atomic E-state index is -0.410. The molecule has 7 nitrogen and oxygen atoms in total. The molecule has 2 fully saturated rings. The minimum Gasteiger partial charge on any atom is -0.459 e. The summed E-state index contributed by atoms with van der Waals surface area (Å²) in [5.41, 5.74) is 7.02. The van der Waals surface area contributed by atoms with E-state index in [0.29, 0.717) is 30.2 Å². The smallest absolute Gasteiger partial charge is 0.238 e.